The van der Waals surface area contributed by atoms with Gasteiger partial charge < -0.3 is 15.8 Å². The Labute approximate surface area is 124 Å². The highest BCUT2D eigenvalue weighted by Gasteiger charge is 2.22. The summed E-state index contributed by atoms with van der Waals surface area (Å²) in [6, 6.07) is -0.409. The van der Waals surface area contributed by atoms with Crippen LogP contribution in [0.4, 0.5) is 5.69 Å². The molecule has 1 heterocycles. The van der Waals surface area contributed by atoms with Crippen LogP contribution in [0.25, 0.3) is 0 Å². The summed E-state index contributed by atoms with van der Waals surface area (Å²) in [6.07, 6.45) is 3.21. The predicted octanol–water partition coefficient (Wildman–Crippen LogP) is 1.51. The van der Waals surface area contributed by atoms with Crippen LogP contribution in [-0.4, -0.2) is 34.3 Å². The highest BCUT2D eigenvalue weighted by atomic mass is 16.5. The number of nitrogens with one attached hydrogen (secondary N) is 1. The standard InChI is InChI=1S/C14H24N4O3/c1-5-10(6-2)16-13(19)9(4)18-8-11(15)12(17-18)14(20)21-7-3/h8-10H,5-7,15H2,1-4H3,(H,16,19). The molecule has 21 heavy (non-hydrogen) atoms. The molecule has 1 atom stereocenters. The molecule has 3 N–H and O–H groups in total. The lowest BCUT2D eigenvalue weighted by Crippen LogP contribution is -2.38. The number of carbonyl (C=O) groups excluding carboxylic acids is 2. The minimum absolute atomic E-state index is 0.0408. The first-order valence-corrected chi connectivity index (χ1v) is 7.26. The maximum atomic E-state index is 12.2. The smallest absolute Gasteiger partial charge is 0.361 e. The van der Waals surface area contributed by atoms with E-state index < -0.39 is 12.0 Å². The fourth-order valence-corrected chi connectivity index (χ4v) is 1.90. The van der Waals surface area contributed by atoms with Crippen molar-refractivity contribution < 1.29 is 14.3 Å². The first-order valence-electron chi connectivity index (χ1n) is 7.26. The summed E-state index contributed by atoms with van der Waals surface area (Å²) < 4.78 is 6.25. The summed E-state index contributed by atoms with van der Waals surface area (Å²) in [7, 11) is 0. The van der Waals surface area contributed by atoms with Gasteiger partial charge in [0.2, 0.25) is 5.91 Å². The number of esters is 1. The van der Waals surface area contributed by atoms with Crippen molar-refractivity contribution in [3.8, 4) is 0 Å². The zero-order valence-corrected chi connectivity index (χ0v) is 13.0. The van der Waals surface area contributed by atoms with Crippen LogP contribution in [0.15, 0.2) is 6.20 Å². The van der Waals surface area contributed by atoms with Crippen LogP contribution in [-0.2, 0) is 9.53 Å². The van der Waals surface area contributed by atoms with Crippen LogP contribution in [0.5, 0.6) is 0 Å². The average Bonchev–Trinajstić information content (AvgIpc) is 2.85. The topological polar surface area (TPSA) is 99.2 Å². The van der Waals surface area contributed by atoms with Crippen LogP contribution < -0.4 is 11.1 Å². The fourth-order valence-electron chi connectivity index (χ4n) is 1.90. The molecular formula is C14H24N4O3. The summed E-state index contributed by atoms with van der Waals surface area (Å²) in [5.41, 5.74) is 5.99. The van der Waals surface area contributed by atoms with Gasteiger partial charge in [0, 0.05) is 12.2 Å². The van der Waals surface area contributed by atoms with Crippen molar-refractivity contribution in [2.24, 2.45) is 0 Å². The molecule has 1 aromatic rings. The summed E-state index contributed by atoms with van der Waals surface area (Å²) in [5.74, 6) is -0.733. The molecule has 0 aliphatic heterocycles. The molecule has 0 saturated carbocycles. The molecule has 0 aliphatic rings. The Bertz CT molecular complexity index is 494. The lowest BCUT2D eigenvalue weighted by Gasteiger charge is -2.18. The van der Waals surface area contributed by atoms with Crippen LogP contribution in [0.3, 0.4) is 0 Å². The molecular weight excluding hydrogens is 272 g/mol. The molecule has 0 aromatic carbocycles. The molecule has 0 radical (unpaired) electrons. The lowest BCUT2D eigenvalue weighted by molar-refractivity contribution is -0.124. The molecule has 1 rings (SSSR count). The Morgan fingerprint density at radius 3 is 2.52 bits per heavy atom. The number of carbonyl (C=O) groups is 2. The number of ether oxygens (including phenoxy) is 1. The number of amides is 1. The van der Waals surface area contributed by atoms with Crippen molar-refractivity contribution in [3.63, 3.8) is 0 Å². The molecule has 0 fully saturated rings. The average molecular weight is 296 g/mol. The summed E-state index contributed by atoms with van der Waals surface area (Å²) in [4.78, 5) is 23.8. The van der Waals surface area contributed by atoms with E-state index in [4.69, 9.17) is 10.5 Å². The minimum atomic E-state index is -0.582. The van der Waals surface area contributed by atoms with E-state index in [0.717, 1.165) is 12.8 Å². The van der Waals surface area contributed by atoms with Gasteiger partial charge in [0.25, 0.3) is 0 Å². The van der Waals surface area contributed by atoms with Crippen molar-refractivity contribution >= 4 is 17.6 Å². The Hall–Kier alpha value is -2.05. The van der Waals surface area contributed by atoms with Gasteiger partial charge >= 0.3 is 5.97 Å². The molecule has 0 bridgehead atoms. The van der Waals surface area contributed by atoms with Gasteiger partial charge in [-0.15, -0.1) is 0 Å². The second kappa shape index (κ2) is 7.66. The maximum absolute atomic E-state index is 12.2. The third kappa shape index (κ3) is 4.21. The zero-order valence-electron chi connectivity index (χ0n) is 13.0. The number of hydrogen-bond acceptors (Lipinski definition) is 5. The zero-order chi connectivity index (χ0) is 16.0. The molecule has 1 aromatic heterocycles. The number of nitrogens with two attached hydrogens (primary N) is 1. The number of hydrogen-bond donors (Lipinski definition) is 2. The second-order valence-corrected chi connectivity index (χ2v) is 4.83. The van der Waals surface area contributed by atoms with Crippen LogP contribution in [0.1, 0.15) is 57.1 Å². The van der Waals surface area contributed by atoms with Gasteiger partial charge in [-0.25, -0.2) is 4.79 Å². The van der Waals surface area contributed by atoms with E-state index in [1.807, 2.05) is 13.8 Å². The van der Waals surface area contributed by atoms with Gasteiger partial charge in [-0.1, -0.05) is 13.8 Å². The predicted molar refractivity (Wildman–Crippen MR) is 79.8 cm³/mol. The van der Waals surface area contributed by atoms with Gasteiger partial charge in [-0.3, -0.25) is 9.48 Å². The quantitative estimate of drug-likeness (QED) is 0.743. The Morgan fingerprint density at radius 2 is 2.00 bits per heavy atom. The molecule has 0 saturated heterocycles. The van der Waals surface area contributed by atoms with Crippen molar-refractivity contribution in [1.29, 1.82) is 0 Å². The van der Waals surface area contributed by atoms with Crippen molar-refractivity contribution in [3.05, 3.63) is 11.9 Å². The third-order valence-corrected chi connectivity index (χ3v) is 3.34. The first-order chi connectivity index (χ1) is 9.94. The number of aromatic nitrogens is 2. The largest absolute Gasteiger partial charge is 0.461 e. The van der Waals surface area contributed by atoms with Gasteiger partial charge in [0.15, 0.2) is 5.69 Å². The van der Waals surface area contributed by atoms with E-state index in [1.165, 1.54) is 10.9 Å². The van der Waals surface area contributed by atoms with Gasteiger partial charge in [0.05, 0.1) is 12.3 Å². The molecule has 0 aliphatic carbocycles. The maximum Gasteiger partial charge on any atom is 0.361 e. The minimum Gasteiger partial charge on any atom is -0.461 e. The monoisotopic (exact) mass is 296 g/mol. The SMILES string of the molecule is CCOC(=O)c1nn(C(C)C(=O)NC(CC)CC)cc1N. The molecule has 7 nitrogen and oxygen atoms in total. The molecule has 7 heteroatoms. The van der Waals surface area contributed by atoms with Gasteiger partial charge in [0.1, 0.15) is 6.04 Å². The van der Waals surface area contributed by atoms with Crippen LogP contribution >= 0.6 is 0 Å². The summed E-state index contributed by atoms with van der Waals surface area (Å²) in [5, 5.41) is 7.01. The number of nitrogens with zero attached hydrogens (tertiary/aromatic N) is 2. The number of rotatable bonds is 7. The Morgan fingerprint density at radius 1 is 1.38 bits per heavy atom. The summed E-state index contributed by atoms with van der Waals surface area (Å²) in [6.45, 7) is 7.69. The molecule has 0 spiro atoms. The Balaban J connectivity index is 2.83. The van der Waals surface area contributed by atoms with E-state index in [9.17, 15) is 9.59 Å². The lowest BCUT2D eigenvalue weighted by atomic mass is 10.1. The van der Waals surface area contributed by atoms with Crippen LogP contribution in [0.2, 0.25) is 0 Å². The molecule has 1 unspecified atom stereocenters. The van der Waals surface area contributed by atoms with E-state index in [0.29, 0.717) is 0 Å². The molecule has 1 amide bonds. The van der Waals surface area contributed by atoms with Crippen molar-refractivity contribution in [2.45, 2.75) is 52.6 Å². The van der Waals surface area contributed by atoms with E-state index in [2.05, 4.69) is 10.4 Å². The first kappa shape index (κ1) is 17.0. The third-order valence-electron chi connectivity index (χ3n) is 3.34. The second-order valence-electron chi connectivity index (χ2n) is 4.83. The number of nitrogen functional groups attached to an aromatic ring is 1. The van der Waals surface area contributed by atoms with E-state index in [1.54, 1.807) is 13.8 Å². The van der Waals surface area contributed by atoms with E-state index in [-0.39, 0.29) is 29.9 Å². The summed E-state index contributed by atoms with van der Waals surface area (Å²) >= 11 is 0. The van der Waals surface area contributed by atoms with Gasteiger partial charge in [-0.2, -0.15) is 5.10 Å². The highest BCUT2D eigenvalue weighted by molar-refractivity contribution is 5.92. The van der Waals surface area contributed by atoms with Gasteiger partial charge in [-0.05, 0) is 26.7 Å². The molecule has 118 valence electrons. The van der Waals surface area contributed by atoms with Crippen molar-refractivity contribution in [2.75, 3.05) is 12.3 Å². The van der Waals surface area contributed by atoms with Crippen LogP contribution in [0, 0.1) is 0 Å². The normalized spacial score (nSPS) is 12.2. The Kier molecular flexibility index (Phi) is 6.20. The number of anilines is 1. The fraction of sp³-hybridized carbons (Fsp3) is 0.643. The van der Waals surface area contributed by atoms with Crippen molar-refractivity contribution in [1.82, 2.24) is 15.1 Å². The highest BCUT2D eigenvalue weighted by Crippen LogP contribution is 2.15. The van der Waals surface area contributed by atoms with E-state index >= 15 is 0 Å².